The van der Waals surface area contributed by atoms with Gasteiger partial charge in [-0.3, -0.25) is 9.59 Å². The van der Waals surface area contributed by atoms with E-state index in [9.17, 15) is 9.59 Å². The van der Waals surface area contributed by atoms with Gasteiger partial charge in [0.25, 0.3) is 5.91 Å². The molecular weight excluding hydrogens is 356 g/mol. The largest absolute Gasteiger partial charge is 0.328 e. The summed E-state index contributed by atoms with van der Waals surface area (Å²) in [5.41, 5.74) is 3.47. The van der Waals surface area contributed by atoms with E-state index in [1.165, 1.54) is 22.9 Å². The normalized spacial score (nSPS) is 11.8. The average Bonchev–Trinajstić information content (AvgIpc) is 3.18. The number of Topliss-reactive ketones (excluding diaryl/α,β-unsaturated/α-hetero) is 1. The Morgan fingerprint density at radius 2 is 1.78 bits per heavy atom. The van der Waals surface area contributed by atoms with Crippen LogP contribution in [0.1, 0.15) is 39.3 Å². The Hall–Kier alpha value is -2.76. The van der Waals surface area contributed by atoms with Gasteiger partial charge in [0.2, 0.25) is 0 Å². The first kappa shape index (κ1) is 19.0. The summed E-state index contributed by atoms with van der Waals surface area (Å²) in [6, 6.07) is 19.7. The summed E-state index contributed by atoms with van der Waals surface area (Å²) in [6.07, 6.45) is 0. The lowest BCUT2D eigenvalue weighted by Crippen LogP contribution is -2.87. The fourth-order valence-electron chi connectivity index (χ4n) is 2.98. The van der Waals surface area contributed by atoms with Gasteiger partial charge in [-0.05, 0) is 37.4 Å². The van der Waals surface area contributed by atoms with Crippen molar-refractivity contribution in [1.29, 1.82) is 0 Å². The first-order chi connectivity index (χ1) is 13.0. The van der Waals surface area contributed by atoms with Gasteiger partial charge in [0.05, 0.1) is 10.6 Å². The lowest BCUT2D eigenvalue weighted by atomic mass is 10.0. The molecule has 0 radical (unpaired) electrons. The van der Waals surface area contributed by atoms with E-state index in [0.29, 0.717) is 11.3 Å². The van der Waals surface area contributed by atoms with Crippen molar-refractivity contribution in [2.75, 3.05) is 11.9 Å². The molecule has 4 nitrogen and oxygen atoms in total. The molecule has 0 saturated heterocycles. The second kappa shape index (κ2) is 8.75. The Morgan fingerprint density at radius 3 is 2.44 bits per heavy atom. The quantitative estimate of drug-likeness (QED) is 0.617. The van der Waals surface area contributed by atoms with Crippen LogP contribution >= 0.6 is 11.3 Å². The van der Waals surface area contributed by atoms with Crippen LogP contribution in [0, 0.1) is 6.92 Å². The third kappa shape index (κ3) is 4.90. The molecule has 3 rings (SSSR count). The number of hydrogen-bond donors (Lipinski definition) is 2. The molecule has 1 atom stereocenters. The standard InChI is InChI=1S/C22H22N2O2S/c1-15-9-11-17(12-10-15)22(20-8-5-13-27-20)23-14-21(26)24-19-7-4-3-6-18(19)16(2)25/h3-13,22-23H,14H2,1-2H3,(H,24,26)/p+1/t22-/m1/s1. The number of aryl methyl sites for hydroxylation is 1. The van der Waals surface area contributed by atoms with Crippen LogP contribution in [0.25, 0.3) is 0 Å². The van der Waals surface area contributed by atoms with E-state index in [1.807, 2.05) is 22.8 Å². The number of carbonyl (C=O) groups excluding carboxylic acids is 2. The summed E-state index contributed by atoms with van der Waals surface area (Å²) in [5, 5.41) is 6.94. The van der Waals surface area contributed by atoms with Gasteiger partial charge in [0.1, 0.15) is 6.04 Å². The van der Waals surface area contributed by atoms with E-state index in [1.54, 1.807) is 29.5 Å². The Morgan fingerprint density at radius 1 is 1.04 bits per heavy atom. The van der Waals surface area contributed by atoms with Crippen LogP contribution in [-0.4, -0.2) is 18.2 Å². The van der Waals surface area contributed by atoms with E-state index >= 15 is 0 Å². The van der Waals surface area contributed by atoms with Crippen LogP contribution in [0.3, 0.4) is 0 Å². The molecule has 0 aliphatic rings. The molecule has 0 aliphatic heterocycles. The molecule has 5 heteroatoms. The predicted molar refractivity (Wildman–Crippen MR) is 109 cm³/mol. The summed E-state index contributed by atoms with van der Waals surface area (Å²) < 4.78 is 0. The summed E-state index contributed by atoms with van der Waals surface area (Å²) in [6.45, 7) is 3.83. The van der Waals surface area contributed by atoms with Crippen LogP contribution in [0.15, 0.2) is 66.0 Å². The van der Waals surface area contributed by atoms with Gasteiger partial charge in [0, 0.05) is 11.1 Å². The fraction of sp³-hybridized carbons (Fsp3) is 0.182. The number of amides is 1. The molecule has 3 aromatic rings. The van der Waals surface area contributed by atoms with Crippen molar-refractivity contribution < 1.29 is 14.9 Å². The van der Waals surface area contributed by atoms with E-state index in [2.05, 4.69) is 42.6 Å². The number of ketones is 1. The van der Waals surface area contributed by atoms with E-state index < -0.39 is 0 Å². The zero-order valence-corrected chi connectivity index (χ0v) is 16.3. The molecule has 0 spiro atoms. The Kier molecular flexibility index (Phi) is 6.16. The number of para-hydroxylation sites is 1. The van der Waals surface area contributed by atoms with Crippen molar-refractivity contribution in [3.8, 4) is 0 Å². The number of anilines is 1. The molecule has 0 fully saturated rings. The van der Waals surface area contributed by atoms with E-state index in [-0.39, 0.29) is 24.3 Å². The summed E-state index contributed by atoms with van der Waals surface area (Å²) in [7, 11) is 0. The zero-order valence-electron chi connectivity index (χ0n) is 15.4. The molecule has 1 aromatic heterocycles. The van der Waals surface area contributed by atoms with Crippen molar-refractivity contribution in [2.45, 2.75) is 19.9 Å². The smallest absolute Gasteiger partial charge is 0.279 e. The molecule has 3 N–H and O–H groups in total. The van der Waals surface area contributed by atoms with Crippen molar-refractivity contribution >= 4 is 28.7 Å². The summed E-state index contributed by atoms with van der Waals surface area (Å²) in [4.78, 5) is 25.4. The van der Waals surface area contributed by atoms with Gasteiger partial charge in [-0.2, -0.15) is 0 Å². The van der Waals surface area contributed by atoms with Gasteiger partial charge in [-0.1, -0.05) is 48.0 Å². The minimum absolute atomic E-state index is 0.0639. The topological polar surface area (TPSA) is 62.8 Å². The number of nitrogens with one attached hydrogen (secondary N) is 1. The summed E-state index contributed by atoms with van der Waals surface area (Å²) >= 11 is 1.68. The lowest BCUT2D eigenvalue weighted by molar-refractivity contribution is -0.675. The molecule has 0 saturated carbocycles. The molecule has 0 aliphatic carbocycles. The minimum Gasteiger partial charge on any atom is -0.328 e. The number of carbonyl (C=O) groups is 2. The number of thiophene rings is 1. The Bertz CT molecular complexity index is 918. The van der Waals surface area contributed by atoms with Crippen LogP contribution in [0.4, 0.5) is 5.69 Å². The third-order valence-electron chi connectivity index (χ3n) is 4.41. The summed E-state index contributed by atoms with van der Waals surface area (Å²) in [5.74, 6) is -0.191. The highest BCUT2D eigenvalue weighted by atomic mass is 32.1. The Balaban J connectivity index is 1.71. The van der Waals surface area contributed by atoms with Crippen molar-refractivity contribution in [3.05, 3.63) is 87.6 Å². The van der Waals surface area contributed by atoms with Crippen LogP contribution in [-0.2, 0) is 4.79 Å². The number of hydrogen-bond acceptors (Lipinski definition) is 3. The zero-order chi connectivity index (χ0) is 19.2. The van der Waals surface area contributed by atoms with Crippen molar-refractivity contribution in [3.63, 3.8) is 0 Å². The molecule has 1 amide bonds. The lowest BCUT2D eigenvalue weighted by Gasteiger charge is -2.15. The minimum atomic E-state index is -0.127. The first-order valence-electron chi connectivity index (χ1n) is 8.87. The number of benzene rings is 2. The highest BCUT2D eigenvalue weighted by molar-refractivity contribution is 7.10. The number of quaternary nitrogens is 1. The van der Waals surface area contributed by atoms with Gasteiger partial charge in [0.15, 0.2) is 12.3 Å². The van der Waals surface area contributed by atoms with E-state index in [0.717, 1.165) is 0 Å². The van der Waals surface area contributed by atoms with Gasteiger partial charge in [-0.25, -0.2) is 0 Å². The van der Waals surface area contributed by atoms with Crippen LogP contribution in [0.5, 0.6) is 0 Å². The Labute approximate surface area is 163 Å². The van der Waals surface area contributed by atoms with Crippen molar-refractivity contribution in [2.24, 2.45) is 0 Å². The molecule has 0 unspecified atom stereocenters. The van der Waals surface area contributed by atoms with E-state index in [4.69, 9.17) is 0 Å². The van der Waals surface area contributed by atoms with Gasteiger partial charge >= 0.3 is 0 Å². The molecule has 2 aromatic carbocycles. The maximum absolute atomic E-state index is 12.5. The molecule has 1 heterocycles. The molecular formula is C22H23N2O2S+. The van der Waals surface area contributed by atoms with Crippen molar-refractivity contribution in [1.82, 2.24) is 0 Å². The predicted octanol–water partition coefficient (Wildman–Crippen LogP) is 3.55. The molecule has 27 heavy (non-hydrogen) atoms. The second-order valence-corrected chi connectivity index (χ2v) is 7.47. The van der Waals surface area contributed by atoms with Crippen LogP contribution in [0.2, 0.25) is 0 Å². The van der Waals surface area contributed by atoms with Gasteiger partial charge in [-0.15, -0.1) is 11.3 Å². The maximum Gasteiger partial charge on any atom is 0.279 e. The van der Waals surface area contributed by atoms with Crippen LogP contribution < -0.4 is 10.6 Å². The second-order valence-electron chi connectivity index (χ2n) is 6.49. The third-order valence-corrected chi connectivity index (χ3v) is 5.36. The molecule has 138 valence electrons. The average molecular weight is 380 g/mol. The number of nitrogens with two attached hydrogens (primary N) is 1. The fourth-order valence-corrected chi connectivity index (χ4v) is 3.83. The molecule has 0 bridgehead atoms. The monoisotopic (exact) mass is 379 g/mol. The SMILES string of the molecule is CC(=O)c1ccccc1NC(=O)C[NH2+][C@H](c1ccc(C)cc1)c1cccs1. The van der Waals surface area contributed by atoms with Gasteiger partial charge < -0.3 is 10.6 Å². The highest BCUT2D eigenvalue weighted by Gasteiger charge is 2.20. The maximum atomic E-state index is 12.5. The number of rotatable bonds is 7. The highest BCUT2D eigenvalue weighted by Crippen LogP contribution is 2.23. The first-order valence-corrected chi connectivity index (χ1v) is 9.75.